The number of amides is 1. The zero-order chi connectivity index (χ0) is 16.8. The van der Waals surface area contributed by atoms with E-state index in [9.17, 15) is 4.79 Å². The van der Waals surface area contributed by atoms with E-state index >= 15 is 0 Å². The van der Waals surface area contributed by atoms with Gasteiger partial charge in [-0.1, -0.05) is 25.0 Å². The van der Waals surface area contributed by atoms with E-state index in [1.165, 1.54) is 19.2 Å². The van der Waals surface area contributed by atoms with Gasteiger partial charge in [0.25, 0.3) is 5.91 Å². The van der Waals surface area contributed by atoms with Gasteiger partial charge in [-0.15, -0.1) is 0 Å². The summed E-state index contributed by atoms with van der Waals surface area (Å²) in [5, 5.41) is 12.2. The lowest BCUT2D eigenvalue weighted by Gasteiger charge is -2.19. The Bertz CT molecular complexity index is 760. The van der Waals surface area contributed by atoms with Crippen molar-refractivity contribution in [3.8, 4) is 6.07 Å². The lowest BCUT2D eigenvalue weighted by Crippen LogP contribution is -2.32. The molecule has 6 heteroatoms. The number of aromatic nitrogens is 2. The van der Waals surface area contributed by atoms with Gasteiger partial charge in [0.1, 0.15) is 23.9 Å². The molecule has 0 radical (unpaired) electrons. The Morgan fingerprint density at radius 1 is 1.12 bits per heavy atom. The number of hydrogen-bond donors (Lipinski definition) is 1. The molecule has 2 heterocycles. The molecule has 1 aromatic carbocycles. The van der Waals surface area contributed by atoms with Gasteiger partial charge in [-0.25, -0.2) is 9.97 Å². The number of nitriles is 1. The molecule has 0 bridgehead atoms. The number of anilines is 2. The first-order valence-corrected chi connectivity index (χ1v) is 8.15. The topological polar surface area (TPSA) is 81.9 Å². The van der Waals surface area contributed by atoms with Crippen LogP contribution in [0.5, 0.6) is 0 Å². The highest BCUT2D eigenvalue weighted by Gasteiger charge is 2.19. The van der Waals surface area contributed by atoms with Crippen LogP contribution in [0.3, 0.4) is 0 Å². The van der Waals surface area contributed by atoms with Gasteiger partial charge in [-0.2, -0.15) is 5.26 Å². The summed E-state index contributed by atoms with van der Waals surface area (Å²) in [6.45, 7) is 1.56. The molecule has 0 spiro atoms. The number of benzene rings is 1. The number of nitrogens with one attached hydrogen (secondary N) is 1. The van der Waals surface area contributed by atoms with Gasteiger partial charge < -0.3 is 10.2 Å². The van der Waals surface area contributed by atoms with Crippen LogP contribution in [0.2, 0.25) is 0 Å². The first-order valence-electron chi connectivity index (χ1n) is 8.15. The van der Waals surface area contributed by atoms with Crippen LogP contribution >= 0.6 is 0 Å². The van der Waals surface area contributed by atoms with E-state index in [0.29, 0.717) is 22.8 Å². The smallest absolute Gasteiger partial charge is 0.272 e. The maximum absolute atomic E-state index is 12.6. The van der Waals surface area contributed by atoms with Crippen LogP contribution in [-0.2, 0) is 0 Å². The number of carbonyl (C=O) groups is 1. The van der Waals surface area contributed by atoms with Crippen LogP contribution < -0.4 is 5.32 Å². The van der Waals surface area contributed by atoms with Gasteiger partial charge in [-0.3, -0.25) is 4.79 Å². The van der Waals surface area contributed by atoms with Gasteiger partial charge >= 0.3 is 0 Å². The highest BCUT2D eigenvalue weighted by atomic mass is 16.2. The molecule has 6 nitrogen and oxygen atoms in total. The zero-order valence-corrected chi connectivity index (χ0v) is 13.4. The van der Waals surface area contributed by atoms with E-state index in [1.807, 2.05) is 11.0 Å². The summed E-state index contributed by atoms with van der Waals surface area (Å²) < 4.78 is 0. The van der Waals surface area contributed by atoms with Crippen molar-refractivity contribution in [2.75, 3.05) is 18.4 Å². The lowest BCUT2D eigenvalue weighted by molar-refractivity contribution is 0.0755. The fraction of sp³-hybridized carbons (Fsp3) is 0.333. The minimum atomic E-state index is -0.0593. The number of para-hydroxylation sites is 1. The molecule has 1 aliphatic heterocycles. The van der Waals surface area contributed by atoms with Crippen LogP contribution in [-0.4, -0.2) is 33.9 Å². The van der Waals surface area contributed by atoms with Crippen molar-refractivity contribution in [3.05, 3.63) is 47.9 Å². The van der Waals surface area contributed by atoms with Gasteiger partial charge in [0.15, 0.2) is 0 Å². The van der Waals surface area contributed by atoms with E-state index in [-0.39, 0.29) is 5.91 Å². The van der Waals surface area contributed by atoms with E-state index in [0.717, 1.165) is 25.9 Å². The van der Waals surface area contributed by atoms with E-state index in [4.69, 9.17) is 5.26 Å². The standard InChI is InChI=1S/C18H19N5O/c19-12-14-7-3-4-8-15(14)22-17-11-16(20-13-21-17)18(24)23-9-5-1-2-6-10-23/h3-4,7-8,11,13H,1-2,5-6,9-10H2,(H,20,21,22). The summed E-state index contributed by atoms with van der Waals surface area (Å²) in [5.41, 5.74) is 1.56. The Morgan fingerprint density at radius 2 is 1.88 bits per heavy atom. The summed E-state index contributed by atoms with van der Waals surface area (Å²) in [4.78, 5) is 22.8. The third-order valence-electron chi connectivity index (χ3n) is 4.09. The minimum absolute atomic E-state index is 0.0593. The average molecular weight is 321 g/mol. The number of hydrogen-bond acceptors (Lipinski definition) is 5. The SMILES string of the molecule is N#Cc1ccccc1Nc1cc(C(=O)N2CCCCCC2)ncn1. The van der Waals surface area contributed by atoms with Crippen molar-refractivity contribution >= 4 is 17.4 Å². The Hall–Kier alpha value is -2.94. The highest BCUT2D eigenvalue weighted by molar-refractivity contribution is 5.93. The lowest BCUT2D eigenvalue weighted by atomic mass is 10.2. The second-order valence-corrected chi connectivity index (χ2v) is 5.78. The van der Waals surface area contributed by atoms with Gasteiger partial charge in [-0.05, 0) is 25.0 Å². The largest absolute Gasteiger partial charge is 0.339 e. The molecule has 122 valence electrons. The predicted molar refractivity (Wildman–Crippen MR) is 90.8 cm³/mol. The van der Waals surface area contributed by atoms with Crippen LogP contribution in [0.15, 0.2) is 36.7 Å². The average Bonchev–Trinajstić information content (AvgIpc) is 2.91. The molecule has 0 unspecified atom stereocenters. The zero-order valence-electron chi connectivity index (χ0n) is 13.4. The molecule has 1 saturated heterocycles. The first kappa shape index (κ1) is 15.9. The fourth-order valence-electron chi connectivity index (χ4n) is 2.81. The first-order chi connectivity index (χ1) is 11.8. The summed E-state index contributed by atoms with van der Waals surface area (Å²) in [6.07, 6.45) is 5.80. The van der Waals surface area contributed by atoms with Crippen molar-refractivity contribution in [1.82, 2.24) is 14.9 Å². The molecule has 24 heavy (non-hydrogen) atoms. The summed E-state index contributed by atoms with van der Waals surface area (Å²) >= 11 is 0. The molecule has 0 saturated carbocycles. The molecule has 1 aromatic heterocycles. The molecule has 1 fully saturated rings. The molecule has 3 rings (SSSR count). The molecular formula is C18H19N5O. The van der Waals surface area contributed by atoms with Crippen molar-refractivity contribution in [2.45, 2.75) is 25.7 Å². The van der Waals surface area contributed by atoms with Gasteiger partial charge in [0.05, 0.1) is 11.3 Å². The molecule has 1 aliphatic rings. The number of carbonyl (C=O) groups excluding carboxylic acids is 1. The maximum atomic E-state index is 12.6. The Labute approximate surface area is 141 Å². The number of likely N-dealkylation sites (tertiary alicyclic amines) is 1. The molecule has 1 N–H and O–H groups in total. The van der Waals surface area contributed by atoms with Gasteiger partial charge in [0, 0.05) is 19.2 Å². The third kappa shape index (κ3) is 3.69. The van der Waals surface area contributed by atoms with Gasteiger partial charge in [0.2, 0.25) is 0 Å². The van der Waals surface area contributed by atoms with E-state index in [2.05, 4.69) is 21.4 Å². The van der Waals surface area contributed by atoms with Crippen LogP contribution in [0.25, 0.3) is 0 Å². The third-order valence-corrected chi connectivity index (χ3v) is 4.09. The van der Waals surface area contributed by atoms with Crippen molar-refractivity contribution in [1.29, 1.82) is 5.26 Å². The fourth-order valence-corrected chi connectivity index (χ4v) is 2.81. The monoisotopic (exact) mass is 321 g/mol. The predicted octanol–water partition coefficient (Wildman–Crippen LogP) is 3.11. The quantitative estimate of drug-likeness (QED) is 0.939. The molecule has 1 amide bonds. The summed E-state index contributed by atoms with van der Waals surface area (Å²) in [5.74, 6) is 0.446. The van der Waals surface area contributed by atoms with Crippen molar-refractivity contribution in [3.63, 3.8) is 0 Å². The second kappa shape index (κ2) is 7.55. The van der Waals surface area contributed by atoms with Crippen molar-refractivity contribution in [2.24, 2.45) is 0 Å². The maximum Gasteiger partial charge on any atom is 0.272 e. The second-order valence-electron chi connectivity index (χ2n) is 5.78. The van der Waals surface area contributed by atoms with Crippen LogP contribution in [0.1, 0.15) is 41.7 Å². The van der Waals surface area contributed by atoms with Crippen molar-refractivity contribution < 1.29 is 4.79 Å². The highest BCUT2D eigenvalue weighted by Crippen LogP contribution is 2.19. The van der Waals surface area contributed by atoms with Crippen LogP contribution in [0, 0.1) is 11.3 Å². The minimum Gasteiger partial charge on any atom is -0.339 e. The van der Waals surface area contributed by atoms with E-state index in [1.54, 1.807) is 24.3 Å². The molecule has 0 atom stereocenters. The Morgan fingerprint density at radius 3 is 2.62 bits per heavy atom. The Kier molecular flexibility index (Phi) is 5.02. The number of nitrogens with zero attached hydrogens (tertiary/aromatic N) is 4. The molecular weight excluding hydrogens is 302 g/mol. The van der Waals surface area contributed by atoms with Crippen LogP contribution in [0.4, 0.5) is 11.5 Å². The summed E-state index contributed by atoms with van der Waals surface area (Å²) in [6, 6.07) is 10.9. The molecule has 2 aromatic rings. The normalized spacial score (nSPS) is 14.5. The van der Waals surface area contributed by atoms with E-state index < -0.39 is 0 Å². The molecule has 0 aliphatic carbocycles. The Balaban J connectivity index is 1.79. The summed E-state index contributed by atoms with van der Waals surface area (Å²) in [7, 11) is 0. The number of rotatable bonds is 3.